The van der Waals surface area contributed by atoms with E-state index in [9.17, 15) is 9.59 Å². The Bertz CT molecular complexity index is 564. The number of primary amides is 1. The van der Waals surface area contributed by atoms with Gasteiger partial charge in [-0.3, -0.25) is 9.59 Å². The van der Waals surface area contributed by atoms with Crippen molar-refractivity contribution in [1.29, 1.82) is 0 Å². The van der Waals surface area contributed by atoms with Crippen molar-refractivity contribution < 1.29 is 9.59 Å². The van der Waals surface area contributed by atoms with Crippen molar-refractivity contribution in [3.63, 3.8) is 0 Å². The van der Waals surface area contributed by atoms with Gasteiger partial charge in [0.15, 0.2) is 0 Å². The fraction of sp³-hybridized carbons (Fsp3) is 0.412. The molecule has 22 heavy (non-hydrogen) atoms. The first-order valence-corrected chi connectivity index (χ1v) is 7.60. The summed E-state index contributed by atoms with van der Waals surface area (Å²) in [6, 6.07) is 6.95. The molecule has 2 unspecified atom stereocenters. The molecular weight excluding hydrogens is 278 g/mol. The number of carbonyl (C=O) groups excluding carboxylic acids is 2. The lowest BCUT2D eigenvalue weighted by atomic mass is 9.92. The summed E-state index contributed by atoms with van der Waals surface area (Å²) in [5.41, 5.74) is 12.5. The second-order valence-corrected chi connectivity index (χ2v) is 5.87. The van der Waals surface area contributed by atoms with E-state index >= 15 is 0 Å². The van der Waals surface area contributed by atoms with Crippen molar-refractivity contribution in [1.82, 2.24) is 4.90 Å². The molecule has 0 radical (unpaired) electrons. The van der Waals surface area contributed by atoms with Crippen LogP contribution < -0.4 is 11.5 Å². The van der Waals surface area contributed by atoms with Gasteiger partial charge in [0.25, 0.3) is 0 Å². The van der Waals surface area contributed by atoms with Gasteiger partial charge in [0, 0.05) is 30.8 Å². The fourth-order valence-electron chi connectivity index (χ4n) is 2.67. The summed E-state index contributed by atoms with van der Waals surface area (Å²) < 4.78 is 0. The SMILES string of the molecule is CC(N)C1CCCN(C(=O)C=Cc2ccc(C(N)=O)cc2)C1. The number of benzene rings is 1. The van der Waals surface area contributed by atoms with Crippen LogP contribution in [0.4, 0.5) is 0 Å². The fourth-order valence-corrected chi connectivity index (χ4v) is 2.67. The number of likely N-dealkylation sites (tertiary alicyclic amines) is 1. The Balaban J connectivity index is 1.97. The number of carbonyl (C=O) groups is 2. The highest BCUT2D eigenvalue weighted by molar-refractivity contribution is 5.94. The number of hydrogen-bond donors (Lipinski definition) is 2. The van der Waals surface area contributed by atoms with Crippen molar-refractivity contribution >= 4 is 17.9 Å². The molecule has 1 saturated heterocycles. The van der Waals surface area contributed by atoms with Gasteiger partial charge < -0.3 is 16.4 Å². The Morgan fingerprint density at radius 1 is 1.32 bits per heavy atom. The molecule has 1 aliphatic heterocycles. The van der Waals surface area contributed by atoms with Gasteiger partial charge in [0.2, 0.25) is 11.8 Å². The Morgan fingerprint density at radius 2 is 2.00 bits per heavy atom. The van der Waals surface area contributed by atoms with E-state index in [4.69, 9.17) is 11.5 Å². The van der Waals surface area contributed by atoms with Gasteiger partial charge in [-0.1, -0.05) is 12.1 Å². The number of hydrogen-bond acceptors (Lipinski definition) is 3. The predicted molar refractivity (Wildman–Crippen MR) is 86.9 cm³/mol. The zero-order valence-corrected chi connectivity index (χ0v) is 12.9. The Labute approximate surface area is 131 Å². The van der Waals surface area contributed by atoms with Crippen LogP contribution in [0.1, 0.15) is 35.7 Å². The predicted octanol–water partition coefficient (Wildman–Crippen LogP) is 1.38. The van der Waals surface area contributed by atoms with Crippen LogP contribution >= 0.6 is 0 Å². The average molecular weight is 301 g/mol. The third kappa shape index (κ3) is 4.18. The maximum absolute atomic E-state index is 12.2. The number of rotatable bonds is 4. The van der Waals surface area contributed by atoms with Crippen molar-refractivity contribution in [3.8, 4) is 0 Å². The monoisotopic (exact) mass is 301 g/mol. The van der Waals surface area contributed by atoms with Crippen LogP contribution in [-0.4, -0.2) is 35.8 Å². The van der Waals surface area contributed by atoms with Gasteiger partial charge >= 0.3 is 0 Å². The van der Waals surface area contributed by atoms with Gasteiger partial charge in [-0.2, -0.15) is 0 Å². The average Bonchev–Trinajstić information content (AvgIpc) is 2.53. The van der Waals surface area contributed by atoms with Crippen LogP contribution in [-0.2, 0) is 4.79 Å². The molecule has 1 aliphatic rings. The summed E-state index contributed by atoms with van der Waals surface area (Å²) >= 11 is 0. The lowest BCUT2D eigenvalue weighted by Gasteiger charge is -2.34. The Kier molecular flexibility index (Phi) is 5.33. The van der Waals surface area contributed by atoms with E-state index < -0.39 is 5.91 Å². The maximum Gasteiger partial charge on any atom is 0.248 e. The third-order valence-electron chi connectivity index (χ3n) is 4.13. The minimum absolute atomic E-state index is 0.00401. The molecule has 0 spiro atoms. The molecule has 2 atom stereocenters. The molecular formula is C17H23N3O2. The highest BCUT2D eigenvalue weighted by Gasteiger charge is 2.24. The molecule has 2 rings (SSSR count). The van der Waals surface area contributed by atoms with Crippen molar-refractivity contribution in [2.75, 3.05) is 13.1 Å². The van der Waals surface area contributed by atoms with Crippen LogP contribution in [0.25, 0.3) is 6.08 Å². The van der Waals surface area contributed by atoms with Gasteiger partial charge in [-0.25, -0.2) is 0 Å². The normalized spacial score (nSPS) is 20.1. The summed E-state index contributed by atoms with van der Waals surface area (Å²) in [6.07, 6.45) is 5.41. The van der Waals surface area contributed by atoms with Crippen molar-refractivity contribution in [2.45, 2.75) is 25.8 Å². The number of nitrogens with zero attached hydrogens (tertiary/aromatic N) is 1. The van der Waals surface area contributed by atoms with Gasteiger partial charge in [-0.15, -0.1) is 0 Å². The van der Waals surface area contributed by atoms with Crippen LogP contribution in [0.3, 0.4) is 0 Å². The molecule has 5 nitrogen and oxygen atoms in total. The summed E-state index contributed by atoms with van der Waals surface area (Å²) in [4.78, 5) is 25.1. The number of nitrogens with two attached hydrogens (primary N) is 2. The van der Waals surface area contributed by atoms with E-state index in [0.717, 1.165) is 31.5 Å². The molecule has 0 saturated carbocycles. The molecule has 1 heterocycles. The summed E-state index contributed by atoms with van der Waals surface area (Å²) in [7, 11) is 0. The summed E-state index contributed by atoms with van der Waals surface area (Å²) in [5, 5.41) is 0. The molecule has 5 heteroatoms. The topological polar surface area (TPSA) is 89.4 Å². The minimum Gasteiger partial charge on any atom is -0.366 e. The van der Waals surface area contributed by atoms with Crippen LogP contribution in [0.5, 0.6) is 0 Å². The molecule has 0 aromatic heterocycles. The van der Waals surface area contributed by atoms with Crippen LogP contribution in [0.2, 0.25) is 0 Å². The lowest BCUT2D eigenvalue weighted by Crippen LogP contribution is -2.44. The van der Waals surface area contributed by atoms with Gasteiger partial charge in [-0.05, 0) is 49.5 Å². The Hall–Kier alpha value is -2.14. The third-order valence-corrected chi connectivity index (χ3v) is 4.13. The maximum atomic E-state index is 12.2. The Morgan fingerprint density at radius 3 is 2.59 bits per heavy atom. The molecule has 0 aliphatic carbocycles. The summed E-state index contributed by atoms with van der Waals surface area (Å²) in [6.45, 7) is 3.50. The van der Waals surface area contributed by atoms with Crippen molar-refractivity contribution in [2.24, 2.45) is 17.4 Å². The van der Waals surface area contributed by atoms with Crippen LogP contribution in [0.15, 0.2) is 30.3 Å². The first-order chi connectivity index (χ1) is 10.5. The molecule has 2 amide bonds. The van der Waals surface area contributed by atoms with E-state index in [1.807, 2.05) is 11.8 Å². The number of amides is 2. The largest absolute Gasteiger partial charge is 0.366 e. The molecule has 118 valence electrons. The zero-order valence-electron chi connectivity index (χ0n) is 12.9. The molecule has 1 fully saturated rings. The van der Waals surface area contributed by atoms with E-state index in [1.54, 1.807) is 36.4 Å². The standard InChI is InChI=1S/C17H23N3O2/c1-12(18)15-3-2-10-20(11-15)16(21)9-6-13-4-7-14(8-5-13)17(19)22/h4-9,12,15H,2-3,10-11,18H2,1H3,(H2,19,22). The highest BCUT2D eigenvalue weighted by Crippen LogP contribution is 2.19. The van der Waals surface area contributed by atoms with Crippen LogP contribution in [0, 0.1) is 5.92 Å². The molecule has 4 N–H and O–H groups in total. The highest BCUT2D eigenvalue weighted by atomic mass is 16.2. The van der Waals surface area contributed by atoms with Gasteiger partial charge in [0.05, 0.1) is 0 Å². The van der Waals surface area contributed by atoms with Crippen molar-refractivity contribution in [3.05, 3.63) is 41.5 Å². The molecule has 1 aromatic rings. The molecule has 1 aromatic carbocycles. The lowest BCUT2D eigenvalue weighted by molar-refractivity contribution is -0.127. The number of piperidine rings is 1. The summed E-state index contributed by atoms with van der Waals surface area (Å²) in [5.74, 6) is -0.0767. The van der Waals surface area contributed by atoms with E-state index in [2.05, 4.69) is 0 Å². The van der Waals surface area contributed by atoms with E-state index in [1.165, 1.54) is 0 Å². The second-order valence-electron chi connectivity index (χ2n) is 5.87. The minimum atomic E-state index is -0.457. The smallest absolute Gasteiger partial charge is 0.248 e. The first-order valence-electron chi connectivity index (χ1n) is 7.60. The second kappa shape index (κ2) is 7.22. The van der Waals surface area contributed by atoms with Gasteiger partial charge in [0.1, 0.15) is 0 Å². The zero-order chi connectivity index (χ0) is 16.1. The first kappa shape index (κ1) is 16.2. The van der Waals surface area contributed by atoms with E-state index in [0.29, 0.717) is 11.5 Å². The molecule has 0 bridgehead atoms. The quantitative estimate of drug-likeness (QED) is 0.823. The van der Waals surface area contributed by atoms with E-state index in [-0.39, 0.29) is 11.9 Å².